The zero-order valence-corrected chi connectivity index (χ0v) is 12.2. The number of rotatable bonds is 6. The van der Waals surface area contributed by atoms with Gasteiger partial charge in [0.25, 0.3) is 5.69 Å². The van der Waals surface area contributed by atoms with E-state index in [1.807, 2.05) is 0 Å². The van der Waals surface area contributed by atoms with Gasteiger partial charge in [0, 0.05) is 24.2 Å². The van der Waals surface area contributed by atoms with E-state index < -0.39 is 4.92 Å². The van der Waals surface area contributed by atoms with Gasteiger partial charge in [-0.1, -0.05) is 6.42 Å². The highest BCUT2D eigenvalue weighted by molar-refractivity contribution is 5.43. The maximum Gasteiger partial charge on any atom is 0.270 e. The van der Waals surface area contributed by atoms with Crippen LogP contribution < -0.4 is 10.1 Å². The number of aliphatic hydroxyl groups excluding tert-OH is 1. The number of methoxy groups -OCH3 is 1. The predicted molar refractivity (Wildman–Crippen MR) is 79.3 cm³/mol. The van der Waals surface area contributed by atoms with Crippen molar-refractivity contribution in [3.63, 3.8) is 0 Å². The van der Waals surface area contributed by atoms with Gasteiger partial charge in [0.15, 0.2) is 0 Å². The zero-order chi connectivity index (χ0) is 15.2. The van der Waals surface area contributed by atoms with Gasteiger partial charge in [-0.25, -0.2) is 0 Å². The highest BCUT2D eigenvalue weighted by Crippen LogP contribution is 2.25. The van der Waals surface area contributed by atoms with Crippen molar-refractivity contribution in [2.75, 3.05) is 13.7 Å². The van der Waals surface area contributed by atoms with E-state index in [-0.39, 0.29) is 11.8 Å². The van der Waals surface area contributed by atoms with Crippen LogP contribution in [0.4, 0.5) is 5.69 Å². The standard InChI is InChI=1S/C15H22N2O4/c1-21-15-6-5-13(17(19)20)8-12(15)10-16-9-11-3-2-4-14(18)7-11/h5-6,8,11,14,16,18H,2-4,7,9-10H2,1H3. The highest BCUT2D eigenvalue weighted by atomic mass is 16.6. The Morgan fingerprint density at radius 3 is 2.95 bits per heavy atom. The van der Waals surface area contributed by atoms with E-state index in [9.17, 15) is 15.2 Å². The summed E-state index contributed by atoms with van der Waals surface area (Å²) in [5, 5.41) is 23.8. The topological polar surface area (TPSA) is 84.6 Å². The molecule has 6 nitrogen and oxygen atoms in total. The molecule has 1 saturated carbocycles. The van der Waals surface area contributed by atoms with Crippen LogP contribution >= 0.6 is 0 Å². The first kappa shape index (κ1) is 15.7. The minimum absolute atomic E-state index is 0.0701. The van der Waals surface area contributed by atoms with E-state index in [0.29, 0.717) is 18.2 Å². The molecule has 0 spiro atoms. The van der Waals surface area contributed by atoms with Crippen LogP contribution in [-0.2, 0) is 6.54 Å². The molecular weight excluding hydrogens is 272 g/mol. The van der Waals surface area contributed by atoms with Crippen LogP contribution in [0.15, 0.2) is 18.2 Å². The minimum Gasteiger partial charge on any atom is -0.496 e. The molecule has 1 aliphatic rings. The van der Waals surface area contributed by atoms with Crippen molar-refractivity contribution in [1.29, 1.82) is 0 Å². The molecule has 0 heterocycles. The predicted octanol–water partition coefficient (Wildman–Crippen LogP) is 2.24. The van der Waals surface area contributed by atoms with Crippen LogP contribution in [0, 0.1) is 16.0 Å². The van der Waals surface area contributed by atoms with Gasteiger partial charge in [-0.15, -0.1) is 0 Å². The molecule has 2 N–H and O–H groups in total. The van der Waals surface area contributed by atoms with E-state index in [1.165, 1.54) is 6.07 Å². The molecule has 1 aromatic carbocycles. The first-order chi connectivity index (χ1) is 10.1. The number of ether oxygens (including phenoxy) is 1. The summed E-state index contributed by atoms with van der Waals surface area (Å²) in [5.74, 6) is 1.12. The summed E-state index contributed by atoms with van der Waals surface area (Å²) in [6, 6.07) is 4.61. The molecule has 0 amide bonds. The molecule has 2 rings (SSSR count). The Kier molecular flexibility index (Phi) is 5.52. The summed E-state index contributed by atoms with van der Waals surface area (Å²) in [5.41, 5.74) is 0.851. The Morgan fingerprint density at radius 1 is 1.48 bits per heavy atom. The average molecular weight is 294 g/mol. The van der Waals surface area contributed by atoms with Crippen LogP contribution in [0.3, 0.4) is 0 Å². The van der Waals surface area contributed by atoms with E-state index in [1.54, 1.807) is 19.2 Å². The molecule has 0 radical (unpaired) electrons. The van der Waals surface area contributed by atoms with Crippen molar-refractivity contribution < 1.29 is 14.8 Å². The van der Waals surface area contributed by atoms with E-state index in [4.69, 9.17) is 4.74 Å². The van der Waals surface area contributed by atoms with E-state index in [0.717, 1.165) is 37.8 Å². The maximum atomic E-state index is 10.8. The molecule has 2 atom stereocenters. The Morgan fingerprint density at radius 2 is 2.29 bits per heavy atom. The number of nitrogens with zero attached hydrogens (tertiary/aromatic N) is 1. The van der Waals surface area contributed by atoms with Gasteiger partial charge in [0.2, 0.25) is 0 Å². The summed E-state index contributed by atoms with van der Waals surface area (Å²) in [7, 11) is 1.56. The molecule has 2 unspecified atom stereocenters. The lowest BCUT2D eigenvalue weighted by Crippen LogP contribution is -2.29. The van der Waals surface area contributed by atoms with Crippen LogP contribution in [0.1, 0.15) is 31.2 Å². The minimum atomic E-state index is -0.402. The largest absolute Gasteiger partial charge is 0.496 e. The van der Waals surface area contributed by atoms with Crippen molar-refractivity contribution in [2.45, 2.75) is 38.3 Å². The first-order valence-electron chi connectivity index (χ1n) is 7.30. The summed E-state index contributed by atoms with van der Waals surface area (Å²) in [4.78, 5) is 10.4. The Balaban J connectivity index is 1.92. The maximum absolute atomic E-state index is 10.8. The Hall–Kier alpha value is -1.66. The number of benzene rings is 1. The van der Waals surface area contributed by atoms with Crippen molar-refractivity contribution >= 4 is 5.69 Å². The monoisotopic (exact) mass is 294 g/mol. The number of hydrogen-bond acceptors (Lipinski definition) is 5. The smallest absolute Gasteiger partial charge is 0.270 e. The van der Waals surface area contributed by atoms with E-state index >= 15 is 0 Å². The van der Waals surface area contributed by atoms with Crippen LogP contribution in [0.25, 0.3) is 0 Å². The van der Waals surface area contributed by atoms with Crippen molar-refractivity contribution in [3.8, 4) is 5.75 Å². The molecule has 0 bridgehead atoms. The Bertz CT molecular complexity index is 493. The van der Waals surface area contributed by atoms with Gasteiger partial charge < -0.3 is 15.2 Å². The fourth-order valence-electron chi connectivity index (χ4n) is 2.88. The SMILES string of the molecule is COc1ccc([N+](=O)[O-])cc1CNCC1CCCC(O)C1. The van der Waals surface area contributed by atoms with Crippen molar-refractivity contribution in [3.05, 3.63) is 33.9 Å². The fourth-order valence-corrected chi connectivity index (χ4v) is 2.88. The molecule has 0 aromatic heterocycles. The number of nitro benzene ring substituents is 1. The second kappa shape index (κ2) is 7.38. The van der Waals surface area contributed by atoms with Gasteiger partial charge in [0.1, 0.15) is 5.75 Å². The molecule has 1 aromatic rings. The normalized spacial score (nSPS) is 22.0. The molecular formula is C15H22N2O4. The second-order valence-electron chi connectivity index (χ2n) is 5.57. The van der Waals surface area contributed by atoms with Gasteiger partial charge in [0.05, 0.1) is 18.1 Å². The lowest BCUT2D eigenvalue weighted by Gasteiger charge is -2.26. The third kappa shape index (κ3) is 4.41. The quantitative estimate of drug-likeness (QED) is 0.621. The van der Waals surface area contributed by atoms with E-state index in [2.05, 4.69) is 5.32 Å². The first-order valence-corrected chi connectivity index (χ1v) is 7.30. The van der Waals surface area contributed by atoms with Gasteiger partial charge >= 0.3 is 0 Å². The second-order valence-corrected chi connectivity index (χ2v) is 5.57. The molecule has 0 aliphatic heterocycles. The number of non-ortho nitro benzene ring substituents is 1. The van der Waals surface area contributed by atoms with Crippen LogP contribution in [-0.4, -0.2) is 29.8 Å². The molecule has 21 heavy (non-hydrogen) atoms. The molecule has 6 heteroatoms. The number of hydrogen-bond donors (Lipinski definition) is 2. The van der Waals surface area contributed by atoms with Crippen molar-refractivity contribution in [2.24, 2.45) is 5.92 Å². The zero-order valence-electron chi connectivity index (χ0n) is 12.2. The van der Waals surface area contributed by atoms with Gasteiger partial charge in [-0.05, 0) is 37.8 Å². The molecule has 1 fully saturated rings. The summed E-state index contributed by atoms with van der Waals surface area (Å²) in [6.45, 7) is 1.33. The lowest BCUT2D eigenvalue weighted by atomic mass is 9.87. The number of nitrogens with one attached hydrogen (secondary N) is 1. The molecule has 116 valence electrons. The third-order valence-electron chi connectivity index (χ3n) is 3.98. The fraction of sp³-hybridized carbons (Fsp3) is 0.600. The van der Waals surface area contributed by atoms with Crippen molar-refractivity contribution in [1.82, 2.24) is 5.32 Å². The lowest BCUT2D eigenvalue weighted by molar-refractivity contribution is -0.384. The van der Waals surface area contributed by atoms with Gasteiger partial charge in [-0.3, -0.25) is 10.1 Å². The van der Waals surface area contributed by atoms with Crippen LogP contribution in [0.2, 0.25) is 0 Å². The summed E-state index contributed by atoms with van der Waals surface area (Å²) < 4.78 is 5.24. The average Bonchev–Trinajstić information content (AvgIpc) is 2.47. The molecule has 0 saturated heterocycles. The Labute approximate surface area is 124 Å². The highest BCUT2D eigenvalue weighted by Gasteiger charge is 2.20. The molecule has 1 aliphatic carbocycles. The third-order valence-corrected chi connectivity index (χ3v) is 3.98. The van der Waals surface area contributed by atoms with Crippen LogP contribution in [0.5, 0.6) is 5.75 Å². The van der Waals surface area contributed by atoms with Gasteiger partial charge in [-0.2, -0.15) is 0 Å². The number of aliphatic hydroxyl groups is 1. The summed E-state index contributed by atoms with van der Waals surface area (Å²) >= 11 is 0. The summed E-state index contributed by atoms with van der Waals surface area (Å²) in [6.07, 6.45) is 3.73. The number of nitro groups is 1.